The van der Waals surface area contributed by atoms with E-state index in [4.69, 9.17) is 0 Å². The monoisotopic (exact) mass is 442 g/mol. The van der Waals surface area contributed by atoms with Crippen molar-refractivity contribution in [1.82, 2.24) is 0 Å². The molecule has 1 aromatic rings. The van der Waals surface area contributed by atoms with Crippen LogP contribution < -0.4 is 0 Å². The van der Waals surface area contributed by atoms with E-state index in [2.05, 4.69) is 75.9 Å². The fourth-order valence-corrected chi connectivity index (χ4v) is 2.52. The second-order valence-electron chi connectivity index (χ2n) is 2.48. The first-order valence-electron chi connectivity index (χ1n) is 3.71. The highest BCUT2D eigenvalue weighted by Gasteiger charge is 2.02. The molecule has 0 amide bonds. The lowest BCUT2D eigenvalue weighted by Crippen LogP contribution is -1.81. The predicted octanol–water partition coefficient (Wildman–Crippen LogP) is 5.94. The molecular weight excluding hydrogens is 440 g/mol. The van der Waals surface area contributed by atoms with Crippen LogP contribution in [0.2, 0.25) is 0 Å². The van der Waals surface area contributed by atoms with E-state index in [1.54, 1.807) is 0 Å². The zero-order chi connectivity index (χ0) is 10.6. The molecule has 4 heteroatoms. The van der Waals surface area contributed by atoms with Crippen LogP contribution in [-0.2, 0) is 0 Å². The van der Waals surface area contributed by atoms with Crippen LogP contribution in [0.4, 0.5) is 0 Å². The highest BCUT2D eigenvalue weighted by atomic mass is 79.9. The standard InChI is InChI=1S/C10H6Br4/c11-3-1-7-5-10(14)8(2-4-12)6-9(7)13/h1-6H/b3-1+,4-2+. The molecule has 0 aliphatic heterocycles. The van der Waals surface area contributed by atoms with E-state index in [0.717, 1.165) is 20.1 Å². The van der Waals surface area contributed by atoms with Crippen molar-refractivity contribution in [3.05, 3.63) is 42.2 Å². The molecule has 0 saturated heterocycles. The minimum absolute atomic E-state index is 1.07. The van der Waals surface area contributed by atoms with E-state index in [1.165, 1.54) is 0 Å². The maximum atomic E-state index is 3.51. The quantitative estimate of drug-likeness (QED) is 0.528. The summed E-state index contributed by atoms with van der Waals surface area (Å²) in [6.07, 6.45) is 3.97. The van der Waals surface area contributed by atoms with E-state index in [1.807, 2.05) is 22.1 Å². The normalized spacial score (nSPS) is 11.7. The summed E-state index contributed by atoms with van der Waals surface area (Å²) in [5.41, 5.74) is 2.25. The molecule has 0 atom stereocenters. The summed E-state index contributed by atoms with van der Waals surface area (Å²) in [4.78, 5) is 3.67. The Morgan fingerprint density at radius 1 is 0.786 bits per heavy atom. The van der Waals surface area contributed by atoms with Gasteiger partial charge >= 0.3 is 0 Å². The van der Waals surface area contributed by atoms with Gasteiger partial charge in [-0.2, -0.15) is 0 Å². The van der Waals surface area contributed by atoms with E-state index >= 15 is 0 Å². The van der Waals surface area contributed by atoms with Gasteiger partial charge in [-0.1, -0.05) is 63.7 Å². The predicted molar refractivity (Wildman–Crippen MR) is 77.8 cm³/mol. The average Bonchev–Trinajstić information content (AvgIpc) is 2.14. The Morgan fingerprint density at radius 3 is 1.43 bits per heavy atom. The summed E-state index contributed by atoms with van der Waals surface area (Å²) in [6, 6.07) is 4.12. The summed E-state index contributed by atoms with van der Waals surface area (Å²) >= 11 is 13.5. The number of hydrogen-bond acceptors (Lipinski definition) is 0. The van der Waals surface area contributed by atoms with Crippen LogP contribution in [0.1, 0.15) is 11.1 Å². The van der Waals surface area contributed by atoms with E-state index in [-0.39, 0.29) is 0 Å². The molecule has 1 aromatic carbocycles. The third-order valence-corrected chi connectivity index (χ3v) is 3.50. The van der Waals surface area contributed by atoms with Crippen LogP contribution in [0.3, 0.4) is 0 Å². The smallest absolute Gasteiger partial charge is 0.0254 e. The fourth-order valence-electron chi connectivity index (χ4n) is 0.969. The Kier molecular flexibility index (Phi) is 5.67. The summed E-state index contributed by atoms with van der Waals surface area (Å²) in [5.74, 6) is 0. The minimum Gasteiger partial charge on any atom is -0.0595 e. The second-order valence-corrected chi connectivity index (χ2v) is 5.25. The van der Waals surface area contributed by atoms with Crippen LogP contribution >= 0.6 is 63.7 Å². The average molecular weight is 446 g/mol. The third kappa shape index (κ3) is 3.33. The summed E-state index contributed by atoms with van der Waals surface area (Å²) < 4.78 is 2.13. The number of benzene rings is 1. The van der Waals surface area contributed by atoms with Gasteiger partial charge in [0.25, 0.3) is 0 Å². The van der Waals surface area contributed by atoms with E-state index in [9.17, 15) is 0 Å². The van der Waals surface area contributed by atoms with Crippen molar-refractivity contribution in [2.75, 3.05) is 0 Å². The highest BCUT2D eigenvalue weighted by molar-refractivity contribution is 9.11. The maximum Gasteiger partial charge on any atom is 0.0254 e. The first-order valence-corrected chi connectivity index (χ1v) is 7.13. The highest BCUT2D eigenvalue weighted by Crippen LogP contribution is 2.28. The molecule has 0 heterocycles. The molecule has 14 heavy (non-hydrogen) atoms. The van der Waals surface area contributed by atoms with Crippen molar-refractivity contribution >= 4 is 75.9 Å². The van der Waals surface area contributed by atoms with Crippen LogP contribution in [0, 0.1) is 0 Å². The molecule has 0 N–H and O–H groups in total. The lowest BCUT2D eigenvalue weighted by atomic mass is 10.1. The maximum absolute atomic E-state index is 3.51. The Hall–Kier alpha value is 0.620. The molecule has 0 fully saturated rings. The first kappa shape index (κ1) is 12.7. The molecule has 0 bridgehead atoms. The number of rotatable bonds is 2. The van der Waals surface area contributed by atoms with Gasteiger partial charge in [-0.3, -0.25) is 0 Å². The Bertz CT molecular complexity index is 342. The molecular formula is C10H6Br4. The Morgan fingerprint density at radius 2 is 1.14 bits per heavy atom. The van der Waals surface area contributed by atoms with Gasteiger partial charge in [-0.05, 0) is 45.4 Å². The topological polar surface area (TPSA) is 0 Å². The molecule has 0 nitrogen and oxygen atoms in total. The van der Waals surface area contributed by atoms with Crippen LogP contribution in [0.5, 0.6) is 0 Å². The lowest BCUT2D eigenvalue weighted by molar-refractivity contribution is 1.53. The molecule has 74 valence electrons. The van der Waals surface area contributed by atoms with Gasteiger partial charge in [0.1, 0.15) is 0 Å². The van der Waals surface area contributed by atoms with Gasteiger partial charge in [0.2, 0.25) is 0 Å². The number of hydrogen-bond donors (Lipinski definition) is 0. The Balaban J connectivity index is 3.23. The van der Waals surface area contributed by atoms with Gasteiger partial charge < -0.3 is 0 Å². The molecule has 0 aliphatic rings. The van der Waals surface area contributed by atoms with Crippen LogP contribution in [0.15, 0.2) is 31.0 Å². The van der Waals surface area contributed by atoms with Crippen molar-refractivity contribution < 1.29 is 0 Å². The molecule has 0 radical (unpaired) electrons. The molecule has 0 saturated carbocycles. The zero-order valence-corrected chi connectivity index (χ0v) is 13.3. The second kappa shape index (κ2) is 6.26. The van der Waals surface area contributed by atoms with Crippen LogP contribution in [-0.4, -0.2) is 0 Å². The molecule has 0 unspecified atom stereocenters. The van der Waals surface area contributed by atoms with E-state index in [0.29, 0.717) is 0 Å². The molecule has 0 aliphatic carbocycles. The van der Waals surface area contributed by atoms with Gasteiger partial charge in [0, 0.05) is 8.95 Å². The van der Waals surface area contributed by atoms with Crippen molar-refractivity contribution in [2.45, 2.75) is 0 Å². The Labute approximate surface area is 117 Å². The molecule has 1 rings (SSSR count). The van der Waals surface area contributed by atoms with Gasteiger partial charge in [0.05, 0.1) is 0 Å². The van der Waals surface area contributed by atoms with Crippen molar-refractivity contribution in [3.63, 3.8) is 0 Å². The molecule has 0 spiro atoms. The SMILES string of the molecule is Br/C=C/c1cc(Br)c(/C=C/Br)cc1Br. The summed E-state index contributed by atoms with van der Waals surface area (Å²) in [6.45, 7) is 0. The largest absolute Gasteiger partial charge is 0.0595 e. The fraction of sp³-hybridized carbons (Fsp3) is 0. The van der Waals surface area contributed by atoms with Crippen molar-refractivity contribution in [1.29, 1.82) is 0 Å². The minimum atomic E-state index is 1.07. The summed E-state index contributed by atoms with van der Waals surface area (Å²) in [5, 5.41) is 0. The number of halogens is 4. The van der Waals surface area contributed by atoms with Gasteiger partial charge in [-0.25, -0.2) is 0 Å². The third-order valence-electron chi connectivity index (χ3n) is 1.60. The van der Waals surface area contributed by atoms with Crippen molar-refractivity contribution in [3.8, 4) is 0 Å². The van der Waals surface area contributed by atoms with Crippen LogP contribution in [0.25, 0.3) is 12.2 Å². The lowest BCUT2D eigenvalue weighted by Gasteiger charge is -2.03. The summed E-state index contributed by atoms with van der Waals surface area (Å²) in [7, 11) is 0. The van der Waals surface area contributed by atoms with Gasteiger partial charge in [0.15, 0.2) is 0 Å². The van der Waals surface area contributed by atoms with Crippen molar-refractivity contribution in [2.24, 2.45) is 0 Å². The van der Waals surface area contributed by atoms with Gasteiger partial charge in [-0.15, -0.1) is 0 Å². The first-order chi connectivity index (χ1) is 6.69. The van der Waals surface area contributed by atoms with E-state index < -0.39 is 0 Å². The molecule has 0 aromatic heterocycles. The zero-order valence-electron chi connectivity index (χ0n) is 6.98.